The Hall–Kier alpha value is -1.94. The van der Waals surface area contributed by atoms with Gasteiger partial charge in [-0.05, 0) is 37.1 Å². The van der Waals surface area contributed by atoms with Gasteiger partial charge in [0.2, 0.25) is 0 Å². The summed E-state index contributed by atoms with van der Waals surface area (Å²) < 4.78 is 50.1. The van der Waals surface area contributed by atoms with Crippen molar-refractivity contribution in [1.29, 1.82) is 0 Å². The lowest BCUT2D eigenvalue weighted by molar-refractivity contribution is -0.182. The fourth-order valence-electron chi connectivity index (χ4n) is 4.28. The number of hydrogen-bond acceptors (Lipinski definition) is 5. The molecular formula is C21H20ClF3N4OS. The Labute approximate surface area is 186 Å². The summed E-state index contributed by atoms with van der Waals surface area (Å²) in [4.78, 5) is 6.85. The maximum Gasteiger partial charge on any atom is 0.297 e. The van der Waals surface area contributed by atoms with Gasteiger partial charge in [0.15, 0.2) is 0 Å². The van der Waals surface area contributed by atoms with Crippen LogP contribution in [0, 0.1) is 5.82 Å². The van der Waals surface area contributed by atoms with Gasteiger partial charge in [0.1, 0.15) is 18.0 Å². The Morgan fingerprint density at radius 1 is 1.19 bits per heavy atom. The topological polar surface area (TPSA) is 43.2 Å². The van der Waals surface area contributed by atoms with E-state index in [4.69, 9.17) is 16.3 Å². The molecule has 1 spiro atoms. The van der Waals surface area contributed by atoms with Crippen molar-refractivity contribution in [3.05, 3.63) is 68.6 Å². The van der Waals surface area contributed by atoms with Gasteiger partial charge in [-0.1, -0.05) is 11.6 Å². The molecule has 5 nitrogen and oxygen atoms in total. The molecule has 0 radical (unpaired) electrons. The van der Waals surface area contributed by atoms with Gasteiger partial charge in [-0.2, -0.15) is 13.9 Å². The van der Waals surface area contributed by atoms with Crippen LogP contribution in [-0.4, -0.2) is 39.4 Å². The van der Waals surface area contributed by atoms with Crippen LogP contribution in [0.2, 0.25) is 4.34 Å². The van der Waals surface area contributed by atoms with Crippen molar-refractivity contribution in [2.45, 2.75) is 37.5 Å². The first-order chi connectivity index (χ1) is 14.8. The predicted octanol–water partition coefficient (Wildman–Crippen LogP) is 4.79. The average molecular weight is 469 g/mol. The summed E-state index contributed by atoms with van der Waals surface area (Å²) in [5, 5.41) is 4.53. The van der Waals surface area contributed by atoms with Crippen LogP contribution in [-0.2, 0) is 29.3 Å². The number of alkyl halides is 2. The van der Waals surface area contributed by atoms with Crippen LogP contribution in [0.3, 0.4) is 0 Å². The first kappa shape index (κ1) is 20.9. The number of thiophene rings is 1. The second-order valence-corrected chi connectivity index (χ2v) is 9.68. The molecule has 3 aromatic heterocycles. The third kappa shape index (κ3) is 4.00. The summed E-state index contributed by atoms with van der Waals surface area (Å²) in [6.45, 7) is 1.67. The molecule has 0 aromatic carbocycles. The molecule has 10 heteroatoms. The van der Waals surface area contributed by atoms with Crippen molar-refractivity contribution in [2.24, 2.45) is 0 Å². The normalized spacial score (nSPS) is 20.1. The number of piperidine rings is 1. The van der Waals surface area contributed by atoms with Gasteiger partial charge in [0.05, 0.1) is 22.3 Å². The van der Waals surface area contributed by atoms with Crippen LogP contribution in [0.1, 0.15) is 34.7 Å². The lowest BCUT2D eigenvalue weighted by Crippen LogP contribution is -2.48. The molecule has 0 unspecified atom stereocenters. The van der Waals surface area contributed by atoms with E-state index in [0.717, 1.165) is 5.69 Å². The van der Waals surface area contributed by atoms with Gasteiger partial charge < -0.3 is 4.74 Å². The summed E-state index contributed by atoms with van der Waals surface area (Å²) in [5.74, 6) is -3.35. The Balaban J connectivity index is 1.24. The number of nitrogens with zero attached hydrogens (tertiary/aromatic N) is 4. The Morgan fingerprint density at radius 3 is 2.77 bits per heavy atom. The summed E-state index contributed by atoms with van der Waals surface area (Å²) in [6, 6.07) is 6.22. The average Bonchev–Trinajstić information content (AvgIpc) is 3.36. The van der Waals surface area contributed by atoms with Crippen molar-refractivity contribution in [3.8, 4) is 0 Å². The summed E-state index contributed by atoms with van der Waals surface area (Å²) in [7, 11) is 0. The van der Waals surface area contributed by atoms with E-state index in [1.807, 2.05) is 6.07 Å². The van der Waals surface area contributed by atoms with E-state index in [1.54, 1.807) is 23.1 Å². The molecule has 2 aliphatic rings. The Morgan fingerprint density at radius 2 is 2.00 bits per heavy atom. The summed E-state index contributed by atoms with van der Waals surface area (Å²) in [5.41, 5.74) is 0.529. The molecule has 0 aliphatic carbocycles. The number of likely N-dealkylation sites (tertiary alicyclic amines) is 1. The van der Waals surface area contributed by atoms with Gasteiger partial charge in [-0.15, -0.1) is 11.3 Å². The molecule has 1 fully saturated rings. The van der Waals surface area contributed by atoms with Crippen molar-refractivity contribution < 1.29 is 17.9 Å². The highest BCUT2D eigenvalue weighted by Gasteiger charge is 2.51. The van der Waals surface area contributed by atoms with Gasteiger partial charge >= 0.3 is 0 Å². The van der Waals surface area contributed by atoms with Crippen molar-refractivity contribution >= 4 is 22.9 Å². The number of ether oxygens (including phenoxy) is 1. The molecule has 0 atom stereocenters. The molecule has 31 heavy (non-hydrogen) atoms. The lowest BCUT2D eigenvalue weighted by Gasteiger charge is -2.45. The van der Waals surface area contributed by atoms with E-state index in [-0.39, 0.29) is 17.9 Å². The van der Waals surface area contributed by atoms with E-state index in [0.29, 0.717) is 47.4 Å². The molecule has 0 amide bonds. The molecule has 0 N–H and O–H groups in total. The SMILES string of the molecule is Fc1cccnc1Cn1ccc(CN2CCC3(CC2)OCC(F)(F)c2cc(Cl)sc23)n1. The van der Waals surface area contributed by atoms with Gasteiger partial charge in [-0.3, -0.25) is 14.6 Å². The van der Waals surface area contributed by atoms with Crippen LogP contribution in [0.15, 0.2) is 36.7 Å². The zero-order valence-corrected chi connectivity index (χ0v) is 18.1. The van der Waals surface area contributed by atoms with Crippen LogP contribution < -0.4 is 0 Å². The summed E-state index contributed by atoms with van der Waals surface area (Å²) >= 11 is 7.27. The monoisotopic (exact) mass is 468 g/mol. The largest absolute Gasteiger partial charge is 0.363 e. The van der Waals surface area contributed by atoms with E-state index in [9.17, 15) is 13.2 Å². The van der Waals surface area contributed by atoms with Gasteiger partial charge in [0.25, 0.3) is 5.92 Å². The molecular weight excluding hydrogens is 449 g/mol. The highest BCUT2D eigenvalue weighted by molar-refractivity contribution is 7.16. The number of fused-ring (bicyclic) bond motifs is 2. The first-order valence-corrected chi connectivity index (χ1v) is 11.2. The number of pyridine rings is 1. The standard InChI is InChI=1S/C21H20ClF3N4OS/c22-18-10-15-19(31-18)20(30-13-21(15,24)25)4-8-28(9-5-20)11-14-3-7-29(27-14)12-17-16(23)2-1-6-26-17/h1-3,6-7,10H,4-5,8-9,11-13H2. The molecule has 5 heterocycles. The van der Waals surface area contributed by atoms with Crippen LogP contribution >= 0.6 is 22.9 Å². The van der Waals surface area contributed by atoms with Crippen molar-refractivity contribution in [1.82, 2.24) is 19.7 Å². The molecule has 0 saturated carbocycles. The maximum atomic E-state index is 14.3. The van der Waals surface area contributed by atoms with Crippen molar-refractivity contribution in [3.63, 3.8) is 0 Å². The zero-order valence-electron chi connectivity index (χ0n) is 16.5. The Bertz CT molecular complexity index is 1090. The third-order valence-corrected chi connectivity index (χ3v) is 7.38. The number of halogens is 4. The fraction of sp³-hybridized carbons (Fsp3) is 0.429. The zero-order chi connectivity index (χ0) is 21.6. The third-order valence-electron chi connectivity index (χ3n) is 5.93. The molecule has 164 valence electrons. The van der Waals surface area contributed by atoms with Gasteiger partial charge in [0, 0.05) is 42.5 Å². The number of rotatable bonds is 4. The minimum atomic E-state index is -3.00. The fourth-order valence-corrected chi connectivity index (χ4v) is 5.76. The van der Waals surface area contributed by atoms with Crippen LogP contribution in [0.25, 0.3) is 0 Å². The lowest BCUT2D eigenvalue weighted by atomic mass is 9.84. The van der Waals surface area contributed by atoms with E-state index in [1.165, 1.54) is 23.5 Å². The molecule has 0 bridgehead atoms. The first-order valence-electron chi connectivity index (χ1n) is 10.0. The second kappa shape index (κ2) is 7.88. The molecule has 1 saturated heterocycles. The molecule has 3 aromatic rings. The van der Waals surface area contributed by atoms with Gasteiger partial charge in [-0.25, -0.2) is 4.39 Å². The smallest absolute Gasteiger partial charge is 0.297 e. The number of aromatic nitrogens is 3. The van der Waals surface area contributed by atoms with Crippen LogP contribution in [0.5, 0.6) is 0 Å². The van der Waals surface area contributed by atoms with E-state index < -0.39 is 18.1 Å². The predicted molar refractivity (Wildman–Crippen MR) is 111 cm³/mol. The minimum Gasteiger partial charge on any atom is -0.363 e. The molecule has 2 aliphatic heterocycles. The molecule has 5 rings (SSSR count). The van der Waals surface area contributed by atoms with Crippen LogP contribution in [0.4, 0.5) is 13.2 Å². The second-order valence-electron chi connectivity index (χ2n) is 7.99. The summed E-state index contributed by atoms with van der Waals surface area (Å²) in [6.07, 6.45) is 4.60. The van der Waals surface area contributed by atoms with Crippen molar-refractivity contribution in [2.75, 3.05) is 19.7 Å². The highest BCUT2D eigenvalue weighted by Crippen LogP contribution is 2.52. The minimum absolute atomic E-state index is 0.0164. The Kier molecular flexibility index (Phi) is 5.32. The van der Waals surface area contributed by atoms with E-state index in [2.05, 4.69) is 15.0 Å². The highest BCUT2D eigenvalue weighted by atomic mass is 35.5. The number of hydrogen-bond donors (Lipinski definition) is 0. The quantitative estimate of drug-likeness (QED) is 0.552. The van der Waals surface area contributed by atoms with E-state index >= 15 is 0 Å². The maximum absolute atomic E-state index is 14.3.